The topological polar surface area (TPSA) is 37.4 Å². The Bertz CT molecular complexity index is 538. The molecule has 1 aromatic carbocycles. The zero-order valence-corrected chi connectivity index (χ0v) is 11.0. The molecule has 3 rings (SSSR count). The van der Waals surface area contributed by atoms with E-state index in [0.29, 0.717) is 0 Å². The number of nitrogens with zero attached hydrogens (tertiary/aromatic N) is 2. The van der Waals surface area contributed by atoms with Gasteiger partial charge in [-0.1, -0.05) is 6.07 Å². The van der Waals surface area contributed by atoms with E-state index < -0.39 is 0 Å². The van der Waals surface area contributed by atoms with Crippen LogP contribution in [0.1, 0.15) is 0 Å². The average molecular weight is 257 g/mol. The number of ether oxygens (including phenoxy) is 1. The molecule has 0 radical (unpaired) electrons. The number of hydrogen-bond acceptors (Lipinski definition) is 4. The van der Waals surface area contributed by atoms with Crippen molar-refractivity contribution < 1.29 is 4.74 Å². The quantitative estimate of drug-likeness (QED) is 0.901. The molecule has 1 N–H and O–H groups in total. The van der Waals surface area contributed by atoms with Gasteiger partial charge in [-0.15, -0.1) is 0 Å². The number of pyridine rings is 1. The number of hydrogen-bond donors (Lipinski definition) is 1. The number of rotatable bonds is 4. The van der Waals surface area contributed by atoms with Gasteiger partial charge in [0.1, 0.15) is 12.4 Å². The van der Waals surface area contributed by atoms with E-state index in [1.165, 1.54) is 0 Å². The maximum Gasteiger partial charge on any atom is 0.121 e. The highest BCUT2D eigenvalue weighted by atomic mass is 16.5. The third-order valence-electron chi connectivity index (χ3n) is 3.46. The standard InChI is InChI=1S/C15H19N3O/c1-2-13-3-4-14(12-15(13)17-5-1)19-11-10-18-8-6-16-7-9-18/h1-5,12,16H,6-11H2. The van der Waals surface area contributed by atoms with Crippen molar-refractivity contribution >= 4 is 10.9 Å². The van der Waals surface area contributed by atoms with Crippen molar-refractivity contribution in [2.45, 2.75) is 0 Å². The van der Waals surface area contributed by atoms with Gasteiger partial charge >= 0.3 is 0 Å². The molecule has 1 fully saturated rings. The van der Waals surface area contributed by atoms with Gasteiger partial charge in [-0.25, -0.2) is 0 Å². The second-order valence-electron chi connectivity index (χ2n) is 4.80. The maximum atomic E-state index is 5.81. The molecule has 1 aromatic heterocycles. The Morgan fingerprint density at radius 2 is 2.11 bits per heavy atom. The summed E-state index contributed by atoms with van der Waals surface area (Å²) in [7, 11) is 0. The van der Waals surface area contributed by atoms with Crippen LogP contribution in [0.2, 0.25) is 0 Å². The summed E-state index contributed by atoms with van der Waals surface area (Å²) < 4.78 is 5.81. The number of nitrogens with one attached hydrogen (secondary N) is 1. The Morgan fingerprint density at radius 3 is 3.00 bits per heavy atom. The predicted octanol–water partition coefficient (Wildman–Crippen LogP) is 1.52. The summed E-state index contributed by atoms with van der Waals surface area (Å²) in [5, 5.41) is 4.50. The molecular formula is C15H19N3O. The number of benzene rings is 1. The average Bonchev–Trinajstić information content (AvgIpc) is 2.48. The van der Waals surface area contributed by atoms with Gasteiger partial charge in [0.05, 0.1) is 5.52 Å². The van der Waals surface area contributed by atoms with E-state index in [9.17, 15) is 0 Å². The summed E-state index contributed by atoms with van der Waals surface area (Å²) in [5.41, 5.74) is 0.988. The fourth-order valence-electron chi connectivity index (χ4n) is 2.36. The molecule has 0 aliphatic carbocycles. The van der Waals surface area contributed by atoms with Crippen LogP contribution in [-0.4, -0.2) is 49.2 Å². The van der Waals surface area contributed by atoms with E-state index >= 15 is 0 Å². The minimum atomic E-state index is 0.734. The van der Waals surface area contributed by atoms with E-state index in [1.54, 1.807) is 0 Å². The number of piperazine rings is 1. The van der Waals surface area contributed by atoms with E-state index in [0.717, 1.165) is 56.0 Å². The van der Waals surface area contributed by atoms with Crippen LogP contribution in [0.4, 0.5) is 0 Å². The molecule has 0 unspecified atom stereocenters. The lowest BCUT2D eigenvalue weighted by Crippen LogP contribution is -2.44. The predicted molar refractivity (Wildman–Crippen MR) is 76.5 cm³/mol. The second kappa shape index (κ2) is 5.99. The molecule has 1 aliphatic rings. The molecule has 2 aromatic rings. The number of fused-ring (bicyclic) bond motifs is 1. The summed E-state index contributed by atoms with van der Waals surface area (Å²) in [5.74, 6) is 0.904. The minimum absolute atomic E-state index is 0.734. The Labute approximate surface area is 113 Å². The van der Waals surface area contributed by atoms with Gasteiger partial charge in [0, 0.05) is 50.4 Å². The van der Waals surface area contributed by atoms with Crippen LogP contribution in [0, 0.1) is 0 Å². The van der Waals surface area contributed by atoms with Gasteiger partial charge in [-0.3, -0.25) is 9.88 Å². The monoisotopic (exact) mass is 257 g/mol. The third kappa shape index (κ3) is 3.22. The summed E-state index contributed by atoms with van der Waals surface area (Å²) in [4.78, 5) is 6.77. The molecular weight excluding hydrogens is 238 g/mol. The lowest BCUT2D eigenvalue weighted by atomic mass is 10.2. The molecule has 0 saturated carbocycles. The lowest BCUT2D eigenvalue weighted by molar-refractivity contribution is 0.191. The molecule has 0 bridgehead atoms. The molecule has 100 valence electrons. The van der Waals surface area contributed by atoms with Crippen molar-refractivity contribution in [1.82, 2.24) is 15.2 Å². The van der Waals surface area contributed by atoms with Crippen molar-refractivity contribution in [3.63, 3.8) is 0 Å². The van der Waals surface area contributed by atoms with Crippen molar-refractivity contribution in [2.24, 2.45) is 0 Å². The van der Waals surface area contributed by atoms with Crippen LogP contribution in [0.3, 0.4) is 0 Å². The highest BCUT2D eigenvalue weighted by Crippen LogP contribution is 2.18. The molecule has 4 heteroatoms. The van der Waals surface area contributed by atoms with E-state index in [4.69, 9.17) is 4.74 Å². The molecule has 0 spiro atoms. The zero-order valence-electron chi connectivity index (χ0n) is 11.0. The van der Waals surface area contributed by atoms with Crippen molar-refractivity contribution in [3.05, 3.63) is 36.5 Å². The second-order valence-corrected chi connectivity index (χ2v) is 4.80. The first-order valence-electron chi connectivity index (χ1n) is 6.82. The van der Waals surface area contributed by atoms with E-state index in [-0.39, 0.29) is 0 Å². The van der Waals surface area contributed by atoms with Crippen LogP contribution < -0.4 is 10.1 Å². The molecule has 19 heavy (non-hydrogen) atoms. The van der Waals surface area contributed by atoms with E-state index in [1.807, 2.05) is 24.4 Å². The van der Waals surface area contributed by atoms with Crippen molar-refractivity contribution in [2.75, 3.05) is 39.3 Å². The highest BCUT2D eigenvalue weighted by Gasteiger charge is 2.08. The van der Waals surface area contributed by atoms with Gasteiger partial charge in [0.25, 0.3) is 0 Å². The van der Waals surface area contributed by atoms with Crippen molar-refractivity contribution in [3.8, 4) is 5.75 Å². The first kappa shape index (κ1) is 12.4. The normalized spacial score (nSPS) is 16.6. The van der Waals surface area contributed by atoms with Crippen LogP contribution in [-0.2, 0) is 0 Å². The van der Waals surface area contributed by atoms with Crippen LogP contribution in [0.15, 0.2) is 36.5 Å². The Morgan fingerprint density at radius 1 is 1.21 bits per heavy atom. The van der Waals surface area contributed by atoms with Crippen LogP contribution >= 0.6 is 0 Å². The Balaban J connectivity index is 1.56. The summed E-state index contributed by atoms with van der Waals surface area (Å²) in [6, 6.07) is 10.1. The van der Waals surface area contributed by atoms with Gasteiger partial charge in [0.2, 0.25) is 0 Å². The summed E-state index contributed by atoms with van der Waals surface area (Å²) in [6.45, 7) is 6.12. The summed E-state index contributed by atoms with van der Waals surface area (Å²) in [6.07, 6.45) is 1.81. The fraction of sp³-hybridized carbons (Fsp3) is 0.400. The molecule has 2 heterocycles. The minimum Gasteiger partial charge on any atom is -0.492 e. The van der Waals surface area contributed by atoms with Gasteiger partial charge in [-0.05, 0) is 18.2 Å². The van der Waals surface area contributed by atoms with Gasteiger partial charge in [0.15, 0.2) is 0 Å². The number of aromatic nitrogens is 1. The zero-order chi connectivity index (χ0) is 12.9. The van der Waals surface area contributed by atoms with Gasteiger partial charge in [-0.2, -0.15) is 0 Å². The Kier molecular flexibility index (Phi) is 3.91. The van der Waals surface area contributed by atoms with Gasteiger partial charge < -0.3 is 10.1 Å². The third-order valence-corrected chi connectivity index (χ3v) is 3.46. The highest BCUT2D eigenvalue weighted by molar-refractivity contribution is 5.79. The largest absolute Gasteiger partial charge is 0.492 e. The maximum absolute atomic E-state index is 5.81. The lowest BCUT2D eigenvalue weighted by Gasteiger charge is -2.26. The molecule has 0 amide bonds. The van der Waals surface area contributed by atoms with E-state index in [2.05, 4.69) is 27.3 Å². The van der Waals surface area contributed by atoms with Crippen molar-refractivity contribution in [1.29, 1.82) is 0 Å². The van der Waals surface area contributed by atoms with Crippen LogP contribution in [0.5, 0.6) is 5.75 Å². The SMILES string of the molecule is c1cnc2cc(OCCN3CCNCC3)ccc2c1. The molecule has 1 aliphatic heterocycles. The van der Waals surface area contributed by atoms with Crippen LogP contribution in [0.25, 0.3) is 10.9 Å². The Hall–Kier alpha value is -1.65. The first-order chi connectivity index (χ1) is 9.42. The summed E-state index contributed by atoms with van der Waals surface area (Å²) >= 11 is 0. The molecule has 0 atom stereocenters. The smallest absolute Gasteiger partial charge is 0.121 e. The molecule has 4 nitrogen and oxygen atoms in total. The molecule has 1 saturated heterocycles. The first-order valence-corrected chi connectivity index (χ1v) is 6.82. The fourth-order valence-corrected chi connectivity index (χ4v) is 2.36.